The monoisotopic (exact) mass is 414 g/mol. The highest BCUT2D eigenvalue weighted by Gasteiger charge is 2.24. The van der Waals surface area contributed by atoms with E-state index in [1.165, 1.54) is 11.8 Å². The number of para-hydroxylation sites is 2. The number of anilines is 1. The highest BCUT2D eigenvalue weighted by Crippen LogP contribution is 2.34. The summed E-state index contributed by atoms with van der Waals surface area (Å²) < 4.78 is 5.01. The first-order valence-electron chi connectivity index (χ1n) is 8.57. The highest BCUT2D eigenvalue weighted by molar-refractivity contribution is 8.00. The minimum absolute atomic E-state index is 0.241. The number of thiophene rings is 1. The molecule has 0 radical (unpaired) electrons. The summed E-state index contributed by atoms with van der Waals surface area (Å²) in [7, 11) is 0. The summed E-state index contributed by atoms with van der Waals surface area (Å²) in [6.45, 7) is 5.38. The number of hydrogen-bond acceptors (Lipinski definition) is 7. The Morgan fingerprint density at radius 2 is 2.18 bits per heavy atom. The van der Waals surface area contributed by atoms with Gasteiger partial charge in [-0.3, -0.25) is 4.79 Å². The summed E-state index contributed by atoms with van der Waals surface area (Å²) in [5.74, 6) is -0.773. The lowest BCUT2D eigenvalue weighted by Crippen LogP contribution is -2.22. The molecule has 144 valence electrons. The number of amides is 1. The number of hydrogen-bond donors (Lipinski definition) is 2. The van der Waals surface area contributed by atoms with Crippen molar-refractivity contribution in [1.29, 1.82) is 5.26 Å². The molecule has 0 spiro atoms. The number of imidazole rings is 1. The van der Waals surface area contributed by atoms with Crippen molar-refractivity contribution in [1.82, 2.24) is 9.97 Å². The quantitative estimate of drug-likeness (QED) is 0.464. The number of fused-ring (bicyclic) bond motifs is 1. The van der Waals surface area contributed by atoms with Crippen molar-refractivity contribution >= 4 is 51.0 Å². The average Bonchev–Trinajstić information content (AvgIpc) is 3.21. The van der Waals surface area contributed by atoms with E-state index in [1.54, 1.807) is 20.8 Å². The molecule has 1 amide bonds. The largest absolute Gasteiger partial charge is 0.462 e. The summed E-state index contributed by atoms with van der Waals surface area (Å²) >= 11 is 2.34. The number of benzene rings is 1. The van der Waals surface area contributed by atoms with Crippen LogP contribution in [-0.2, 0) is 9.53 Å². The normalized spacial score (nSPS) is 11.8. The number of nitrogens with zero attached hydrogens (tertiary/aromatic N) is 2. The number of aromatic amines is 1. The van der Waals surface area contributed by atoms with Gasteiger partial charge in [-0.1, -0.05) is 23.9 Å². The van der Waals surface area contributed by atoms with Crippen LogP contribution in [0.25, 0.3) is 11.0 Å². The summed E-state index contributed by atoms with van der Waals surface area (Å²) in [4.78, 5) is 32.6. The molecule has 0 aliphatic rings. The topological polar surface area (TPSA) is 108 Å². The molecule has 1 unspecified atom stereocenters. The Labute approximate surface area is 170 Å². The summed E-state index contributed by atoms with van der Waals surface area (Å²) in [6, 6.07) is 9.68. The van der Waals surface area contributed by atoms with Crippen LogP contribution in [0.4, 0.5) is 5.00 Å². The van der Waals surface area contributed by atoms with Gasteiger partial charge in [0.25, 0.3) is 0 Å². The van der Waals surface area contributed by atoms with E-state index in [0.717, 1.165) is 22.4 Å². The third-order valence-electron chi connectivity index (χ3n) is 3.98. The predicted molar refractivity (Wildman–Crippen MR) is 110 cm³/mol. The number of carbonyl (C=O) groups is 2. The van der Waals surface area contributed by atoms with Gasteiger partial charge in [-0.2, -0.15) is 5.26 Å². The molecule has 3 aromatic rings. The molecule has 0 aliphatic carbocycles. The van der Waals surface area contributed by atoms with Crippen molar-refractivity contribution < 1.29 is 14.3 Å². The minimum Gasteiger partial charge on any atom is -0.462 e. The first-order valence-corrected chi connectivity index (χ1v) is 10.3. The van der Waals surface area contributed by atoms with Gasteiger partial charge in [0.1, 0.15) is 15.9 Å². The fourth-order valence-corrected chi connectivity index (χ4v) is 4.42. The number of nitriles is 1. The van der Waals surface area contributed by atoms with Crippen LogP contribution in [0.2, 0.25) is 0 Å². The Bertz CT molecular complexity index is 1050. The van der Waals surface area contributed by atoms with Crippen LogP contribution in [0, 0.1) is 18.3 Å². The molecule has 2 heterocycles. The molecule has 0 aliphatic heterocycles. The van der Waals surface area contributed by atoms with Gasteiger partial charge in [0.2, 0.25) is 5.91 Å². The molecule has 1 atom stereocenters. The van der Waals surface area contributed by atoms with Crippen LogP contribution in [0.1, 0.15) is 34.6 Å². The molecule has 1 aromatic carbocycles. The molecule has 0 saturated carbocycles. The van der Waals surface area contributed by atoms with E-state index < -0.39 is 11.2 Å². The second-order valence-electron chi connectivity index (χ2n) is 5.90. The van der Waals surface area contributed by atoms with Crippen LogP contribution in [0.5, 0.6) is 0 Å². The maximum Gasteiger partial charge on any atom is 0.348 e. The maximum atomic E-state index is 12.6. The van der Waals surface area contributed by atoms with Crippen molar-refractivity contribution in [2.75, 3.05) is 11.9 Å². The Balaban J connectivity index is 1.75. The fourth-order valence-electron chi connectivity index (χ4n) is 2.55. The average molecular weight is 415 g/mol. The minimum atomic E-state index is -0.494. The molecule has 7 nitrogen and oxygen atoms in total. The fraction of sp³-hybridized carbons (Fsp3) is 0.263. The van der Waals surface area contributed by atoms with Gasteiger partial charge >= 0.3 is 5.97 Å². The van der Waals surface area contributed by atoms with Crippen LogP contribution >= 0.6 is 23.1 Å². The molecule has 28 heavy (non-hydrogen) atoms. The maximum absolute atomic E-state index is 12.6. The molecular weight excluding hydrogens is 396 g/mol. The van der Waals surface area contributed by atoms with E-state index in [4.69, 9.17) is 4.74 Å². The van der Waals surface area contributed by atoms with Crippen molar-refractivity contribution in [3.63, 3.8) is 0 Å². The number of thioether (sulfide) groups is 1. The molecule has 0 fully saturated rings. The number of aromatic nitrogens is 2. The molecular formula is C19H18N4O3S2. The number of esters is 1. The van der Waals surface area contributed by atoms with Crippen molar-refractivity contribution in [2.45, 2.75) is 31.2 Å². The zero-order valence-corrected chi connectivity index (χ0v) is 17.2. The van der Waals surface area contributed by atoms with Gasteiger partial charge in [-0.25, -0.2) is 9.78 Å². The summed E-state index contributed by atoms with van der Waals surface area (Å²) in [5, 5.41) is 12.7. The third kappa shape index (κ3) is 4.03. The van der Waals surface area contributed by atoms with Crippen LogP contribution < -0.4 is 5.32 Å². The summed E-state index contributed by atoms with van der Waals surface area (Å²) in [6.07, 6.45) is 0. The zero-order valence-electron chi connectivity index (χ0n) is 15.5. The lowest BCUT2D eigenvalue weighted by Gasteiger charge is -2.09. The summed E-state index contributed by atoms with van der Waals surface area (Å²) in [5.41, 5.74) is 2.52. The van der Waals surface area contributed by atoms with E-state index >= 15 is 0 Å². The van der Waals surface area contributed by atoms with Gasteiger partial charge in [0.05, 0.1) is 28.5 Å². The van der Waals surface area contributed by atoms with E-state index in [0.29, 0.717) is 20.6 Å². The molecule has 9 heteroatoms. The second kappa shape index (κ2) is 8.46. The van der Waals surface area contributed by atoms with Crippen LogP contribution in [0.3, 0.4) is 0 Å². The van der Waals surface area contributed by atoms with E-state index in [2.05, 4.69) is 21.4 Å². The Morgan fingerprint density at radius 1 is 1.43 bits per heavy atom. The van der Waals surface area contributed by atoms with Crippen molar-refractivity contribution in [3.05, 3.63) is 40.3 Å². The van der Waals surface area contributed by atoms with Gasteiger partial charge in [-0.05, 0) is 38.5 Å². The molecule has 2 aromatic heterocycles. The molecule has 0 saturated heterocycles. The second-order valence-corrected chi connectivity index (χ2v) is 8.25. The number of ether oxygens (including phenoxy) is 1. The molecule has 0 bridgehead atoms. The zero-order chi connectivity index (χ0) is 20.3. The Morgan fingerprint density at radius 3 is 2.86 bits per heavy atom. The lowest BCUT2D eigenvalue weighted by atomic mass is 10.2. The Hall–Kier alpha value is -2.83. The number of rotatable bonds is 6. The van der Waals surface area contributed by atoms with Gasteiger partial charge in [0.15, 0.2) is 5.16 Å². The lowest BCUT2D eigenvalue weighted by molar-refractivity contribution is -0.115. The van der Waals surface area contributed by atoms with Gasteiger partial charge in [0, 0.05) is 0 Å². The first-order chi connectivity index (χ1) is 13.4. The van der Waals surface area contributed by atoms with Crippen LogP contribution in [0.15, 0.2) is 29.4 Å². The Kier molecular flexibility index (Phi) is 6.02. The molecule has 2 N–H and O–H groups in total. The first kappa shape index (κ1) is 19.9. The SMILES string of the molecule is CCOC(=O)c1sc(NC(=O)C(C)Sc2nc3ccccc3[nH]2)c(C#N)c1C. The number of nitrogens with one attached hydrogen (secondary N) is 2. The standard InChI is InChI=1S/C19H18N4O3S2/c1-4-26-18(25)15-10(2)12(9-20)17(28-15)23-16(24)11(3)27-19-21-13-7-5-6-8-14(13)22-19/h5-8,11H,4H2,1-3H3,(H,21,22)(H,23,24). The molecule has 3 rings (SSSR count). The highest BCUT2D eigenvalue weighted by atomic mass is 32.2. The van der Waals surface area contributed by atoms with Crippen molar-refractivity contribution in [3.8, 4) is 6.07 Å². The number of H-pyrrole nitrogens is 1. The third-order valence-corrected chi connectivity index (χ3v) is 6.15. The van der Waals surface area contributed by atoms with Crippen LogP contribution in [-0.4, -0.2) is 33.7 Å². The predicted octanol–water partition coefficient (Wildman–Crippen LogP) is 4.10. The smallest absolute Gasteiger partial charge is 0.348 e. The van der Waals surface area contributed by atoms with E-state index in [9.17, 15) is 14.9 Å². The van der Waals surface area contributed by atoms with Crippen molar-refractivity contribution in [2.24, 2.45) is 0 Å². The van der Waals surface area contributed by atoms with Gasteiger partial charge < -0.3 is 15.0 Å². The van der Waals surface area contributed by atoms with Gasteiger partial charge in [-0.15, -0.1) is 11.3 Å². The number of carbonyl (C=O) groups excluding carboxylic acids is 2. The van der Waals surface area contributed by atoms with E-state index in [1.807, 2.05) is 24.3 Å². The van der Waals surface area contributed by atoms with E-state index in [-0.39, 0.29) is 18.1 Å².